The van der Waals surface area contributed by atoms with Crippen LogP contribution in [-0.4, -0.2) is 16.4 Å². The molecule has 1 aromatic carbocycles. The molecule has 3 heteroatoms. The summed E-state index contributed by atoms with van der Waals surface area (Å²) in [6.45, 7) is 2.23. The number of thioether (sulfide) groups is 1. The zero-order valence-electron chi connectivity index (χ0n) is 15.1. The van der Waals surface area contributed by atoms with E-state index < -0.39 is 5.54 Å². The average molecular weight is 356 g/mol. The van der Waals surface area contributed by atoms with Gasteiger partial charge in [0.1, 0.15) is 6.11 Å². The number of nitrogens with two attached hydrogens (primary N) is 1. The molecule has 0 amide bonds. The number of hydrogen-bond acceptors (Lipinski definition) is 3. The van der Waals surface area contributed by atoms with Gasteiger partial charge in [-0.1, -0.05) is 31.2 Å². The molecular weight excluding hydrogens is 326 g/mol. The fourth-order valence-electron chi connectivity index (χ4n) is 4.16. The molecule has 2 aliphatic carbocycles. The SMILES string of the molecule is CCCS/C=C/[C@H]1CCc2cc([C@H]3CC[C@](N)(C#CO)C3)ccc2C1. The summed E-state index contributed by atoms with van der Waals surface area (Å²) in [5.74, 6) is 5.16. The smallest absolute Gasteiger partial charge is 0.109 e. The summed E-state index contributed by atoms with van der Waals surface area (Å²) in [5.41, 5.74) is 10.2. The summed E-state index contributed by atoms with van der Waals surface area (Å²) in [5, 5.41) is 11.2. The van der Waals surface area contributed by atoms with Crippen molar-refractivity contribution in [1.82, 2.24) is 0 Å². The number of aryl methyl sites for hydroxylation is 1. The second-order valence-corrected chi connectivity index (χ2v) is 8.58. The highest BCUT2D eigenvalue weighted by Crippen LogP contribution is 2.40. The van der Waals surface area contributed by atoms with Crippen LogP contribution >= 0.6 is 11.8 Å². The molecule has 0 heterocycles. The van der Waals surface area contributed by atoms with Crippen LogP contribution in [0.25, 0.3) is 0 Å². The molecule has 2 aliphatic rings. The van der Waals surface area contributed by atoms with Gasteiger partial charge in [-0.2, -0.15) is 0 Å². The summed E-state index contributed by atoms with van der Waals surface area (Å²) < 4.78 is 0. The van der Waals surface area contributed by atoms with Crippen molar-refractivity contribution in [2.45, 2.75) is 63.3 Å². The third-order valence-electron chi connectivity index (χ3n) is 5.59. The molecular formula is C22H29NOS. The number of allylic oxidation sites excluding steroid dienone is 1. The molecule has 1 fully saturated rings. The number of benzene rings is 1. The van der Waals surface area contributed by atoms with Gasteiger partial charge in [-0.15, -0.1) is 11.8 Å². The molecule has 0 spiro atoms. The lowest BCUT2D eigenvalue weighted by atomic mass is 9.81. The first kappa shape index (κ1) is 18.4. The lowest BCUT2D eigenvalue weighted by Gasteiger charge is -2.24. The first-order valence-electron chi connectivity index (χ1n) is 9.48. The Labute approximate surface area is 156 Å². The van der Waals surface area contributed by atoms with Gasteiger partial charge in [-0.05, 0) is 90.6 Å². The van der Waals surface area contributed by atoms with Crippen molar-refractivity contribution in [1.29, 1.82) is 0 Å². The van der Waals surface area contributed by atoms with Gasteiger partial charge in [0.2, 0.25) is 0 Å². The Morgan fingerprint density at radius 2 is 2.24 bits per heavy atom. The molecule has 3 rings (SSSR count). The van der Waals surface area contributed by atoms with Gasteiger partial charge >= 0.3 is 0 Å². The number of aliphatic hydroxyl groups is 1. The minimum absolute atomic E-state index is 0.471. The van der Waals surface area contributed by atoms with Crippen molar-refractivity contribution in [3.05, 3.63) is 46.4 Å². The average Bonchev–Trinajstić information content (AvgIpc) is 3.00. The molecule has 134 valence electrons. The first-order valence-corrected chi connectivity index (χ1v) is 10.5. The third-order valence-corrected chi connectivity index (χ3v) is 6.59. The maximum absolute atomic E-state index is 8.87. The van der Waals surface area contributed by atoms with Crippen LogP contribution in [0.2, 0.25) is 0 Å². The van der Waals surface area contributed by atoms with E-state index in [-0.39, 0.29) is 0 Å². The molecule has 0 unspecified atom stereocenters. The van der Waals surface area contributed by atoms with Crippen LogP contribution in [0.15, 0.2) is 29.7 Å². The van der Waals surface area contributed by atoms with Gasteiger partial charge in [0, 0.05) is 0 Å². The molecule has 1 aromatic rings. The van der Waals surface area contributed by atoms with E-state index in [1.54, 1.807) is 0 Å². The van der Waals surface area contributed by atoms with E-state index >= 15 is 0 Å². The zero-order chi connectivity index (χ0) is 17.7. The van der Waals surface area contributed by atoms with E-state index in [1.807, 2.05) is 17.9 Å². The summed E-state index contributed by atoms with van der Waals surface area (Å²) in [7, 11) is 0. The number of rotatable bonds is 5. The van der Waals surface area contributed by atoms with Crippen LogP contribution in [0.1, 0.15) is 61.6 Å². The zero-order valence-corrected chi connectivity index (χ0v) is 15.9. The fraction of sp³-hybridized carbons (Fsp3) is 0.545. The van der Waals surface area contributed by atoms with Gasteiger partial charge < -0.3 is 10.8 Å². The molecule has 0 bridgehead atoms. The van der Waals surface area contributed by atoms with Crippen LogP contribution < -0.4 is 5.73 Å². The van der Waals surface area contributed by atoms with Crippen molar-refractivity contribution in [2.75, 3.05) is 5.75 Å². The second kappa shape index (κ2) is 8.34. The van der Waals surface area contributed by atoms with Gasteiger partial charge in [0.15, 0.2) is 0 Å². The van der Waals surface area contributed by atoms with Gasteiger partial charge in [-0.3, -0.25) is 0 Å². The van der Waals surface area contributed by atoms with E-state index in [2.05, 4.69) is 42.5 Å². The summed E-state index contributed by atoms with van der Waals surface area (Å²) in [6.07, 6.45) is 12.0. The fourth-order valence-corrected chi connectivity index (χ4v) is 4.86. The maximum Gasteiger partial charge on any atom is 0.109 e. The van der Waals surface area contributed by atoms with E-state index in [4.69, 9.17) is 10.8 Å². The van der Waals surface area contributed by atoms with E-state index in [9.17, 15) is 0 Å². The normalized spacial score (nSPS) is 28.6. The van der Waals surface area contributed by atoms with Crippen molar-refractivity contribution < 1.29 is 5.11 Å². The van der Waals surface area contributed by atoms with Crippen LogP contribution in [0.5, 0.6) is 0 Å². The number of aliphatic hydroxyl groups excluding tert-OH is 1. The minimum atomic E-state index is -0.513. The summed E-state index contributed by atoms with van der Waals surface area (Å²) in [6, 6.07) is 7.03. The molecule has 1 saturated carbocycles. The lowest BCUT2D eigenvalue weighted by molar-refractivity contribution is 0.501. The molecule has 0 aliphatic heterocycles. The van der Waals surface area contributed by atoms with Crippen LogP contribution in [0, 0.1) is 17.9 Å². The van der Waals surface area contributed by atoms with E-state index in [1.165, 1.54) is 48.1 Å². The molecule has 25 heavy (non-hydrogen) atoms. The van der Waals surface area contributed by atoms with Gasteiger partial charge in [-0.25, -0.2) is 0 Å². The molecule has 0 saturated heterocycles. The highest BCUT2D eigenvalue weighted by molar-refractivity contribution is 8.02. The van der Waals surface area contributed by atoms with Crippen molar-refractivity contribution in [3.63, 3.8) is 0 Å². The predicted molar refractivity (Wildman–Crippen MR) is 107 cm³/mol. The topological polar surface area (TPSA) is 46.2 Å². The Balaban J connectivity index is 1.64. The predicted octanol–water partition coefficient (Wildman–Crippen LogP) is 4.75. The van der Waals surface area contributed by atoms with E-state index in [0.29, 0.717) is 11.8 Å². The highest BCUT2D eigenvalue weighted by Gasteiger charge is 2.35. The Kier molecular flexibility index (Phi) is 6.15. The standard InChI is InChI=1S/C22H29NOS/c1-2-12-25-13-8-17-3-4-19-15-20(6-5-18(19)14-17)21-7-9-22(23,16-21)10-11-24/h5-6,8,13,15,17,21,24H,2-4,7,9,12,14,16,23H2,1H3/b13-8+/t17-,21+,22+/m1/s1. The van der Waals surface area contributed by atoms with Crippen molar-refractivity contribution in [3.8, 4) is 12.0 Å². The number of hydrogen-bond donors (Lipinski definition) is 2. The first-order chi connectivity index (χ1) is 12.1. The second-order valence-electron chi connectivity index (χ2n) is 7.56. The molecule has 2 nitrogen and oxygen atoms in total. The number of fused-ring (bicyclic) bond motifs is 1. The Morgan fingerprint density at radius 1 is 1.36 bits per heavy atom. The summed E-state index contributed by atoms with van der Waals surface area (Å²) in [4.78, 5) is 0. The van der Waals surface area contributed by atoms with Gasteiger partial charge in [0.05, 0.1) is 5.54 Å². The van der Waals surface area contributed by atoms with Crippen LogP contribution in [-0.2, 0) is 12.8 Å². The molecule has 3 atom stereocenters. The third kappa shape index (κ3) is 4.63. The Morgan fingerprint density at radius 3 is 3.04 bits per heavy atom. The van der Waals surface area contributed by atoms with E-state index in [0.717, 1.165) is 19.3 Å². The van der Waals surface area contributed by atoms with Crippen molar-refractivity contribution >= 4 is 11.8 Å². The van der Waals surface area contributed by atoms with Crippen molar-refractivity contribution in [2.24, 2.45) is 11.7 Å². The molecule has 0 radical (unpaired) electrons. The monoisotopic (exact) mass is 355 g/mol. The molecule has 0 aromatic heterocycles. The van der Waals surface area contributed by atoms with Crippen LogP contribution in [0.4, 0.5) is 0 Å². The largest absolute Gasteiger partial charge is 0.462 e. The minimum Gasteiger partial charge on any atom is -0.462 e. The lowest BCUT2D eigenvalue weighted by Crippen LogP contribution is -2.34. The maximum atomic E-state index is 8.87. The Hall–Kier alpha value is -1.37. The summed E-state index contributed by atoms with van der Waals surface area (Å²) >= 11 is 1.93. The highest BCUT2D eigenvalue weighted by atomic mass is 32.2. The van der Waals surface area contributed by atoms with Crippen LogP contribution in [0.3, 0.4) is 0 Å². The quantitative estimate of drug-likeness (QED) is 0.592. The molecule has 3 N–H and O–H groups in total. The Bertz CT molecular complexity index is 687. The van der Waals surface area contributed by atoms with Gasteiger partial charge in [0.25, 0.3) is 0 Å².